The van der Waals surface area contributed by atoms with Gasteiger partial charge in [-0.2, -0.15) is 0 Å². The Labute approximate surface area is 284 Å². The van der Waals surface area contributed by atoms with Crippen LogP contribution in [0.25, 0.3) is 33.1 Å². The number of rotatable bonds is 3. The van der Waals surface area contributed by atoms with Crippen molar-refractivity contribution in [3.63, 3.8) is 0 Å². The summed E-state index contributed by atoms with van der Waals surface area (Å²) in [6.07, 6.45) is 0. The molecule has 208 valence electrons. The van der Waals surface area contributed by atoms with Gasteiger partial charge in [0, 0.05) is 22.1 Å². The van der Waals surface area contributed by atoms with E-state index in [1.807, 2.05) is 0 Å². The molecule has 1 heterocycles. The molecule has 0 amide bonds. The fraction of sp³-hybridized carbons (Fsp3) is 0.143. The highest BCUT2D eigenvalue weighted by molar-refractivity contribution is 6.71. The summed E-state index contributed by atoms with van der Waals surface area (Å²) in [7, 11) is 34.2. The van der Waals surface area contributed by atoms with Crippen molar-refractivity contribution in [3.8, 4) is 11.1 Å². The van der Waals surface area contributed by atoms with Crippen molar-refractivity contribution in [2.24, 2.45) is 0 Å². The van der Waals surface area contributed by atoms with Crippen molar-refractivity contribution in [1.29, 1.82) is 0 Å². The van der Waals surface area contributed by atoms with Crippen LogP contribution in [0.2, 0.25) is 0 Å². The van der Waals surface area contributed by atoms with E-state index in [0.29, 0.717) is 0 Å². The van der Waals surface area contributed by atoms with Gasteiger partial charge in [0.2, 0.25) is 0 Å². The highest BCUT2D eigenvalue weighted by Crippen LogP contribution is 2.28. The molecule has 0 atom stereocenters. The lowest BCUT2D eigenvalue weighted by molar-refractivity contribution is 0.596. The zero-order valence-corrected chi connectivity index (χ0v) is 31.4. The van der Waals surface area contributed by atoms with E-state index in [0.717, 1.165) is 11.2 Å². The van der Waals surface area contributed by atoms with Crippen LogP contribution in [-0.2, 0) is 5.41 Å². The zero-order chi connectivity index (χ0) is 33.8. The van der Waals surface area contributed by atoms with E-state index in [9.17, 15) is 0 Å². The molecule has 0 aliphatic heterocycles. The maximum absolute atomic E-state index is 6.84. The van der Waals surface area contributed by atoms with E-state index in [4.69, 9.17) is 4.42 Å². The quantitative estimate of drug-likeness (QED) is 0.219. The van der Waals surface area contributed by atoms with Crippen LogP contribution < -0.4 is 87.3 Å². The second-order valence-corrected chi connectivity index (χ2v) is 15.1. The lowest BCUT2D eigenvalue weighted by Gasteiger charge is -2.29. The van der Waals surface area contributed by atoms with Gasteiger partial charge in [-0.3, -0.25) is 0 Å². The Morgan fingerprint density at radius 1 is 0.378 bits per heavy atom. The molecule has 1 N–H and O–H groups in total. The van der Waals surface area contributed by atoms with Crippen molar-refractivity contribution < 1.29 is 4.42 Å². The molecule has 0 fully saturated rings. The van der Waals surface area contributed by atoms with Crippen LogP contribution in [0.5, 0.6) is 0 Å². The normalized spacial score (nSPS) is 11.9. The lowest BCUT2D eigenvalue weighted by Crippen LogP contribution is -2.57. The fourth-order valence-corrected chi connectivity index (χ4v) is 8.43. The number of nitrogens with one attached hydrogen (secondary N) is 1. The standard InChI is InChI=1S/C28H40B15NO/c1-28(2,3)8-15(35)12(32)6-7-14(34)25(22(42)23(43)27(7)45-26(6)16(8)36)44-24-13(33)5(11(31)19(39)21(24)41)4-9(29)17(37)20(40)18(38)10(4)30/h44H,29-43H2,1-3H3. The second kappa shape index (κ2) is 11.3. The van der Waals surface area contributed by atoms with Gasteiger partial charge in [0.15, 0.2) is 0 Å². The van der Waals surface area contributed by atoms with Crippen LogP contribution in [0.1, 0.15) is 26.3 Å². The van der Waals surface area contributed by atoms with E-state index in [1.54, 1.807) is 0 Å². The van der Waals surface area contributed by atoms with Gasteiger partial charge in [-0.05, 0) is 22.0 Å². The maximum Gasteiger partial charge on any atom is 0.144 e. The Bertz CT molecular complexity index is 2100. The first kappa shape index (κ1) is 33.8. The second-order valence-electron chi connectivity index (χ2n) is 15.1. The molecule has 1 aromatic heterocycles. The summed E-state index contributed by atoms with van der Waals surface area (Å²) >= 11 is 0. The Hall–Kier alpha value is -2.55. The largest absolute Gasteiger partial charge is 0.457 e. The first-order chi connectivity index (χ1) is 20.7. The summed E-state index contributed by atoms with van der Waals surface area (Å²) in [6.45, 7) is 6.93. The van der Waals surface area contributed by atoms with Crippen molar-refractivity contribution in [2.45, 2.75) is 26.2 Å². The minimum absolute atomic E-state index is 0.0418. The molecular formula is C28H40B15NO. The fourth-order valence-electron chi connectivity index (χ4n) is 8.43. The van der Waals surface area contributed by atoms with Gasteiger partial charge < -0.3 is 9.73 Å². The van der Waals surface area contributed by atoms with E-state index < -0.39 is 0 Å². The van der Waals surface area contributed by atoms with Crippen LogP contribution in [0.3, 0.4) is 0 Å². The Kier molecular flexibility index (Phi) is 8.50. The molecule has 45 heavy (non-hydrogen) atoms. The molecule has 0 radical (unpaired) electrons. The molecule has 17 heteroatoms. The lowest BCUT2D eigenvalue weighted by atomic mass is 9.56. The van der Waals surface area contributed by atoms with Gasteiger partial charge in [0.1, 0.15) is 129 Å². The zero-order valence-electron chi connectivity index (χ0n) is 31.4. The SMILES string of the molecule is Bc1c(B)c(B)c(-c2c(B)c(B)c(B)c(Nc3c(B)c(B)c4oc5c(B)c(C(C)(C)C)c(B)c(B)c5c4c3B)c2B)c(B)c1B. The summed E-state index contributed by atoms with van der Waals surface area (Å²) in [4.78, 5) is 0. The van der Waals surface area contributed by atoms with Crippen molar-refractivity contribution in [2.75, 3.05) is 5.32 Å². The molecule has 2 nitrogen and oxygen atoms in total. The molecule has 4 aromatic carbocycles. The molecule has 0 saturated carbocycles. The third-order valence-corrected chi connectivity index (χ3v) is 11.8. The first-order valence-electron chi connectivity index (χ1n) is 16.7. The third-order valence-electron chi connectivity index (χ3n) is 11.8. The van der Waals surface area contributed by atoms with E-state index >= 15 is 0 Å². The molecule has 5 aromatic rings. The topological polar surface area (TPSA) is 25.2 Å². The molecule has 0 bridgehead atoms. The predicted octanol–water partition coefficient (Wildman–Crippen LogP) is -17.8. The molecule has 0 unspecified atom stereocenters. The summed E-state index contributed by atoms with van der Waals surface area (Å²) in [5.41, 5.74) is 28.7. The summed E-state index contributed by atoms with van der Waals surface area (Å²) < 4.78 is 6.84. The number of furan rings is 1. The van der Waals surface area contributed by atoms with Gasteiger partial charge in [-0.25, -0.2) is 0 Å². The monoisotopic (exact) mass is 571 g/mol. The van der Waals surface area contributed by atoms with Crippen LogP contribution in [-0.4, -0.2) is 118 Å². The minimum Gasteiger partial charge on any atom is -0.457 e. The maximum atomic E-state index is 6.84. The molecule has 0 saturated heterocycles. The first-order valence-corrected chi connectivity index (χ1v) is 16.7. The van der Waals surface area contributed by atoms with Crippen LogP contribution in [0, 0.1) is 0 Å². The highest BCUT2D eigenvalue weighted by atomic mass is 16.3. The van der Waals surface area contributed by atoms with Crippen LogP contribution in [0.15, 0.2) is 4.42 Å². The predicted molar refractivity (Wildman–Crippen MR) is 250 cm³/mol. The average molecular weight is 569 g/mol. The van der Waals surface area contributed by atoms with Gasteiger partial charge >= 0.3 is 0 Å². The summed E-state index contributed by atoms with van der Waals surface area (Å²) in [5, 5.41) is 6.58. The molecular weight excluding hydrogens is 528 g/mol. The van der Waals surface area contributed by atoms with Crippen molar-refractivity contribution in [1.82, 2.24) is 0 Å². The van der Waals surface area contributed by atoms with Gasteiger partial charge in [-0.15, -0.1) is 16.4 Å². The summed E-state index contributed by atoms with van der Waals surface area (Å²) in [5.74, 6) is 0. The Morgan fingerprint density at radius 3 is 1.27 bits per heavy atom. The van der Waals surface area contributed by atoms with E-state index in [2.05, 4.69) is 144 Å². The van der Waals surface area contributed by atoms with Crippen LogP contribution in [0.4, 0.5) is 11.4 Å². The number of benzene rings is 4. The smallest absolute Gasteiger partial charge is 0.144 e. The molecule has 0 aliphatic carbocycles. The van der Waals surface area contributed by atoms with Crippen molar-refractivity contribution in [3.05, 3.63) is 5.56 Å². The van der Waals surface area contributed by atoms with Crippen LogP contribution >= 0.6 is 0 Å². The van der Waals surface area contributed by atoms with Gasteiger partial charge in [0.25, 0.3) is 0 Å². The van der Waals surface area contributed by atoms with E-state index in [1.165, 1.54) is 121 Å². The number of hydrogen-bond acceptors (Lipinski definition) is 2. The van der Waals surface area contributed by atoms with E-state index in [-0.39, 0.29) is 5.41 Å². The Morgan fingerprint density at radius 2 is 0.756 bits per heavy atom. The van der Waals surface area contributed by atoms with Gasteiger partial charge in [-0.1, -0.05) is 86.4 Å². The molecule has 0 aliphatic rings. The number of anilines is 2. The van der Waals surface area contributed by atoms with Crippen molar-refractivity contribution >= 4 is 233 Å². The average Bonchev–Trinajstić information content (AvgIpc) is 3.38. The third kappa shape index (κ3) is 4.84. The minimum atomic E-state index is 0.0418. The molecule has 5 rings (SSSR count). The highest BCUT2D eigenvalue weighted by Gasteiger charge is 2.27. The number of hydrogen-bond donors (Lipinski definition) is 1. The molecule has 0 spiro atoms. The summed E-state index contributed by atoms with van der Waals surface area (Å²) in [6, 6.07) is 0. The number of fused-ring (bicyclic) bond motifs is 3. The van der Waals surface area contributed by atoms with Gasteiger partial charge in [0.05, 0.1) is 0 Å². The Balaban J connectivity index is 1.85.